The van der Waals surface area contributed by atoms with E-state index in [1.807, 2.05) is 42.5 Å². The van der Waals surface area contributed by atoms with E-state index in [2.05, 4.69) is 22.8 Å². The van der Waals surface area contributed by atoms with Crippen LogP contribution in [0.1, 0.15) is 43.4 Å². The predicted octanol–water partition coefficient (Wildman–Crippen LogP) is 6.04. The van der Waals surface area contributed by atoms with Crippen LogP contribution in [0.2, 0.25) is 0 Å². The molecule has 4 aromatic rings. The molecule has 1 aliphatic carbocycles. The summed E-state index contributed by atoms with van der Waals surface area (Å²) in [6.45, 7) is 0. The first-order chi connectivity index (χ1) is 17.6. The average molecular weight is 481 g/mol. The van der Waals surface area contributed by atoms with Crippen molar-refractivity contribution in [1.29, 1.82) is 0 Å². The molecule has 1 aliphatic heterocycles. The van der Waals surface area contributed by atoms with Gasteiger partial charge in [0.25, 0.3) is 0 Å². The number of pyridine rings is 1. The third kappa shape index (κ3) is 3.60. The summed E-state index contributed by atoms with van der Waals surface area (Å²) in [4.78, 5) is 0. The molecule has 1 fully saturated rings. The molecule has 36 heavy (non-hydrogen) atoms. The van der Waals surface area contributed by atoms with Gasteiger partial charge in [0, 0.05) is 6.07 Å². The Morgan fingerprint density at radius 2 is 1.14 bits per heavy atom. The summed E-state index contributed by atoms with van der Waals surface area (Å²) in [5, 5.41) is 0. The highest BCUT2D eigenvalue weighted by Crippen LogP contribution is 2.45. The number of hydrogen-bond donors (Lipinski definition) is 0. The monoisotopic (exact) mass is 481 g/mol. The van der Waals surface area contributed by atoms with Crippen LogP contribution in [-0.4, -0.2) is 6.28 Å². The molecule has 180 valence electrons. The molecule has 0 bridgehead atoms. The molecule has 0 saturated heterocycles. The molecule has 0 N–H and O–H groups in total. The van der Waals surface area contributed by atoms with Crippen molar-refractivity contribution in [2.45, 2.75) is 32.1 Å². The van der Waals surface area contributed by atoms with Gasteiger partial charge in [0.2, 0.25) is 0 Å². The van der Waals surface area contributed by atoms with E-state index in [9.17, 15) is 13.2 Å². The highest BCUT2D eigenvalue weighted by molar-refractivity contribution is 7.10. The van der Waals surface area contributed by atoms with Gasteiger partial charge in [-0.1, -0.05) is 67.3 Å². The van der Waals surface area contributed by atoms with E-state index in [0.717, 1.165) is 40.5 Å². The molecule has 5 heteroatoms. The van der Waals surface area contributed by atoms with Gasteiger partial charge in [-0.2, -0.15) is 0 Å². The maximum Gasteiger partial charge on any atom is 0.361 e. The minimum absolute atomic E-state index is 0.289. The van der Waals surface area contributed by atoms with Gasteiger partial charge in [-0.25, -0.2) is 13.2 Å². The summed E-state index contributed by atoms with van der Waals surface area (Å²) in [7, 11) is 0. The lowest BCUT2D eigenvalue weighted by atomic mass is 9.23. The number of fused-ring (bicyclic) bond motifs is 1. The molecule has 1 nitrogen and oxygen atoms in total. The maximum absolute atomic E-state index is 14.2. The van der Waals surface area contributed by atoms with Gasteiger partial charge < -0.3 is 4.48 Å². The van der Waals surface area contributed by atoms with Gasteiger partial charge in [-0.3, -0.25) is 0 Å². The molecule has 0 unspecified atom stereocenters. The number of aromatic nitrogens is 1. The topological polar surface area (TPSA) is 3.88 Å². The second kappa shape index (κ2) is 9.13. The molecule has 2 heterocycles. The van der Waals surface area contributed by atoms with Gasteiger partial charge in [0.05, 0.1) is 0 Å². The quantitative estimate of drug-likeness (QED) is 0.313. The minimum Gasteiger partial charge on any atom is -0.408 e. The molecule has 0 spiro atoms. The minimum atomic E-state index is -1.85. The van der Waals surface area contributed by atoms with Crippen molar-refractivity contribution in [2.75, 3.05) is 0 Å². The van der Waals surface area contributed by atoms with Crippen molar-refractivity contribution < 1.29 is 17.6 Å². The fourth-order valence-electron chi connectivity index (χ4n) is 6.70. The SMILES string of the molecule is Fc1ccc(C2=C(C3CCCCC3)c3cccc[n+]3[B-]2(c2ccc(F)cc2)c2ccc(F)cc2)cc1. The van der Waals surface area contributed by atoms with Crippen LogP contribution in [-0.2, 0) is 0 Å². The van der Waals surface area contributed by atoms with E-state index in [0.29, 0.717) is 5.92 Å². The van der Waals surface area contributed by atoms with Crippen molar-refractivity contribution in [2.24, 2.45) is 5.92 Å². The Hall–Kier alpha value is -3.60. The van der Waals surface area contributed by atoms with Crippen LogP contribution in [0, 0.1) is 23.4 Å². The van der Waals surface area contributed by atoms with Crippen molar-refractivity contribution in [3.05, 3.63) is 126 Å². The molecule has 0 atom stereocenters. The summed E-state index contributed by atoms with van der Waals surface area (Å²) in [5.74, 6) is -0.541. The summed E-state index contributed by atoms with van der Waals surface area (Å²) in [6, 6.07) is 26.3. The molecule has 2 aliphatic rings. The number of allylic oxidation sites excluding steroid dienone is 1. The van der Waals surface area contributed by atoms with Gasteiger partial charge in [0.1, 0.15) is 23.6 Å². The summed E-state index contributed by atoms with van der Waals surface area (Å²) >= 11 is 0. The van der Waals surface area contributed by atoms with Gasteiger partial charge in [-0.05, 0) is 66.8 Å². The third-order valence-corrected chi connectivity index (χ3v) is 8.16. The maximum atomic E-state index is 14.2. The van der Waals surface area contributed by atoms with Crippen LogP contribution in [0.4, 0.5) is 13.2 Å². The van der Waals surface area contributed by atoms with Crippen molar-refractivity contribution >= 4 is 28.3 Å². The standard InChI is InChI=1S/C31H27BF3N/c33-26-15-9-23(10-16-26)31-30(22-6-2-1-3-7-22)29-8-4-5-21-36(29)32(31,24-11-17-27(34)18-12-24)25-13-19-28(35)20-14-25/h4-5,8-22H,1-3,6-7H2. The summed E-state index contributed by atoms with van der Waals surface area (Å²) < 4.78 is 44.8. The van der Waals surface area contributed by atoms with E-state index in [1.54, 1.807) is 0 Å². The van der Waals surface area contributed by atoms with Gasteiger partial charge in [0.15, 0.2) is 5.69 Å². The summed E-state index contributed by atoms with van der Waals surface area (Å²) in [5.41, 5.74) is 6.32. The van der Waals surface area contributed by atoms with E-state index < -0.39 is 6.28 Å². The lowest BCUT2D eigenvalue weighted by molar-refractivity contribution is -0.539. The molecule has 1 saturated carbocycles. The van der Waals surface area contributed by atoms with E-state index in [-0.39, 0.29) is 17.5 Å². The normalized spacial score (nSPS) is 17.3. The highest BCUT2D eigenvalue weighted by atomic mass is 19.1. The number of hydrogen-bond acceptors (Lipinski definition) is 0. The fraction of sp³-hybridized carbons (Fsp3) is 0.194. The highest BCUT2D eigenvalue weighted by Gasteiger charge is 2.52. The van der Waals surface area contributed by atoms with Crippen LogP contribution < -0.4 is 15.4 Å². The molecular weight excluding hydrogens is 454 g/mol. The number of rotatable bonds is 4. The number of nitrogens with zero attached hydrogens (tertiary/aromatic N) is 1. The Labute approximate surface area is 209 Å². The van der Waals surface area contributed by atoms with E-state index in [4.69, 9.17) is 0 Å². The van der Waals surface area contributed by atoms with Crippen LogP contribution in [0.5, 0.6) is 0 Å². The first-order valence-electron chi connectivity index (χ1n) is 12.8. The molecule has 3 aromatic carbocycles. The van der Waals surface area contributed by atoms with Gasteiger partial charge in [-0.15, -0.1) is 16.4 Å². The molecule has 0 amide bonds. The number of halogens is 3. The second-order valence-corrected chi connectivity index (χ2v) is 10.1. The van der Waals surface area contributed by atoms with Gasteiger partial charge >= 0.3 is 6.28 Å². The average Bonchev–Trinajstić information content (AvgIpc) is 3.22. The molecular formula is C31H27BF3N. The molecule has 1 aromatic heterocycles. The first-order valence-corrected chi connectivity index (χ1v) is 12.8. The Morgan fingerprint density at radius 3 is 1.69 bits per heavy atom. The van der Waals surface area contributed by atoms with Crippen LogP contribution >= 0.6 is 0 Å². The third-order valence-electron chi connectivity index (χ3n) is 8.16. The van der Waals surface area contributed by atoms with E-state index in [1.165, 1.54) is 61.2 Å². The Morgan fingerprint density at radius 1 is 0.611 bits per heavy atom. The largest absolute Gasteiger partial charge is 0.408 e. The lowest BCUT2D eigenvalue weighted by Gasteiger charge is -2.36. The number of benzene rings is 3. The zero-order valence-corrected chi connectivity index (χ0v) is 20.0. The Bertz CT molecular complexity index is 1370. The second-order valence-electron chi connectivity index (χ2n) is 10.1. The Kier molecular flexibility index (Phi) is 5.79. The first kappa shape index (κ1) is 22.8. The zero-order chi connectivity index (χ0) is 24.7. The van der Waals surface area contributed by atoms with Crippen molar-refractivity contribution in [1.82, 2.24) is 0 Å². The van der Waals surface area contributed by atoms with Crippen molar-refractivity contribution in [3.63, 3.8) is 0 Å². The van der Waals surface area contributed by atoms with E-state index >= 15 is 0 Å². The predicted molar refractivity (Wildman–Crippen MR) is 140 cm³/mol. The fourth-order valence-corrected chi connectivity index (χ4v) is 6.70. The van der Waals surface area contributed by atoms with Crippen molar-refractivity contribution in [3.8, 4) is 0 Å². The summed E-state index contributed by atoms with van der Waals surface area (Å²) in [6.07, 6.45) is 5.99. The van der Waals surface area contributed by atoms with Crippen LogP contribution in [0.3, 0.4) is 0 Å². The molecule has 6 rings (SSSR count). The smallest absolute Gasteiger partial charge is 0.361 e. The lowest BCUT2D eigenvalue weighted by Crippen LogP contribution is -2.78. The van der Waals surface area contributed by atoms with Crippen LogP contribution in [0.25, 0.3) is 11.0 Å². The molecule has 0 radical (unpaired) electrons. The Balaban J connectivity index is 1.77. The zero-order valence-electron chi connectivity index (χ0n) is 20.0. The van der Waals surface area contributed by atoms with Crippen LogP contribution in [0.15, 0.2) is 97.2 Å².